The summed E-state index contributed by atoms with van der Waals surface area (Å²) < 4.78 is 10.2. The quantitative estimate of drug-likeness (QED) is 0.308. The van der Waals surface area contributed by atoms with E-state index in [1.807, 2.05) is 18.2 Å². The lowest BCUT2D eigenvalue weighted by Gasteiger charge is -2.34. The first-order chi connectivity index (χ1) is 18.0. The van der Waals surface area contributed by atoms with Gasteiger partial charge in [-0.3, -0.25) is 19.4 Å². The number of aromatic amines is 1. The Morgan fingerprint density at radius 2 is 1.51 bits per heavy atom. The molecule has 12 nitrogen and oxygen atoms in total. The lowest BCUT2D eigenvalue weighted by atomic mass is 10.1. The average Bonchev–Trinajstić information content (AvgIpc) is 3.40. The zero-order valence-corrected chi connectivity index (χ0v) is 20.2. The van der Waals surface area contributed by atoms with Crippen molar-refractivity contribution in [2.24, 2.45) is 0 Å². The van der Waals surface area contributed by atoms with Crippen LogP contribution in [0, 0.1) is 0 Å². The van der Waals surface area contributed by atoms with Crippen molar-refractivity contribution >= 4 is 28.5 Å². The first kappa shape index (κ1) is 23.9. The number of nitrogens with one attached hydrogen (secondary N) is 1. The van der Waals surface area contributed by atoms with Gasteiger partial charge in [0.15, 0.2) is 5.82 Å². The van der Waals surface area contributed by atoms with Crippen LogP contribution in [0.25, 0.3) is 22.4 Å². The molecule has 0 radical (unpaired) electrons. The molecule has 37 heavy (non-hydrogen) atoms. The van der Waals surface area contributed by atoms with Crippen LogP contribution in [0.4, 0.5) is 0 Å². The second kappa shape index (κ2) is 10.0. The fourth-order valence-electron chi connectivity index (χ4n) is 4.17. The third-order valence-corrected chi connectivity index (χ3v) is 6.09. The predicted octanol–water partition coefficient (Wildman–Crippen LogP) is 1.60. The number of H-pyrrole nitrogens is 1. The van der Waals surface area contributed by atoms with E-state index >= 15 is 0 Å². The number of Topliss-reactive ketones (excluding diaryl/α,β-unsaturated/α-hetero) is 1. The molecule has 0 unspecified atom stereocenters. The number of carbonyl (C=O) groups excluding carboxylic acids is 3. The summed E-state index contributed by atoms with van der Waals surface area (Å²) >= 11 is 0. The zero-order valence-electron chi connectivity index (χ0n) is 20.2. The molecule has 188 valence electrons. The first-order valence-electron chi connectivity index (χ1n) is 11.5. The van der Waals surface area contributed by atoms with E-state index in [-0.39, 0.29) is 42.4 Å². The van der Waals surface area contributed by atoms with Gasteiger partial charge in [-0.05, 0) is 18.2 Å². The number of carbonyl (C=O) groups is 3. The van der Waals surface area contributed by atoms with Gasteiger partial charge in [-0.2, -0.15) is 9.97 Å². The number of nitrogens with zero attached hydrogens (tertiary/aromatic N) is 6. The fraction of sp³-hybridized carbons (Fsp3) is 0.240. The van der Waals surface area contributed by atoms with Gasteiger partial charge in [0, 0.05) is 49.5 Å². The second-order valence-electron chi connectivity index (χ2n) is 8.20. The molecule has 12 heteroatoms. The summed E-state index contributed by atoms with van der Waals surface area (Å²) in [4.78, 5) is 61.9. The highest BCUT2D eigenvalue weighted by Crippen LogP contribution is 2.28. The third kappa shape index (κ3) is 4.56. The van der Waals surface area contributed by atoms with Crippen LogP contribution in [0.5, 0.6) is 12.0 Å². The molecule has 0 bridgehead atoms. The molecule has 0 spiro atoms. The number of methoxy groups -OCH3 is 2. The molecule has 4 heterocycles. The molecule has 5 rings (SSSR count). The Balaban J connectivity index is 1.35. The predicted molar refractivity (Wildman–Crippen MR) is 131 cm³/mol. The molecule has 1 saturated heterocycles. The Hall–Kier alpha value is -4.87. The van der Waals surface area contributed by atoms with Crippen LogP contribution >= 0.6 is 0 Å². The van der Waals surface area contributed by atoms with Crippen LogP contribution in [0.1, 0.15) is 20.7 Å². The fourth-order valence-corrected chi connectivity index (χ4v) is 4.17. The van der Waals surface area contributed by atoms with E-state index in [1.165, 1.54) is 31.5 Å². The summed E-state index contributed by atoms with van der Waals surface area (Å²) in [5.41, 5.74) is 1.62. The van der Waals surface area contributed by atoms with Crippen LogP contribution in [-0.4, -0.2) is 92.7 Å². The minimum atomic E-state index is -0.656. The van der Waals surface area contributed by atoms with Gasteiger partial charge in [0.25, 0.3) is 17.6 Å². The van der Waals surface area contributed by atoms with Gasteiger partial charge in [0.05, 0.1) is 25.3 Å². The number of hydrogen-bond acceptors (Lipinski definition) is 9. The molecular formula is C25H23N7O5. The van der Waals surface area contributed by atoms with Crippen molar-refractivity contribution in [2.45, 2.75) is 0 Å². The van der Waals surface area contributed by atoms with Crippen molar-refractivity contribution in [1.82, 2.24) is 34.7 Å². The van der Waals surface area contributed by atoms with E-state index in [0.29, 0.717) is 35.2 Å². The Morgan fingerprint density at radius 1 is 0.865 bits per heavy atom. The maximum atomic E-state index is 13.2. The summed E-state index contributed by atoms with van der Waals surface area (Å²) in [5, 5.41) is 0.500. The Kier molecular flexibility index (Phi) is 6.45. The normalized spacial score (nSPS) is 13.5. The summed E-state index contributed by atoms with van der Waals surface area (Å²) in [6, 6.07) is 10.7. The van der Waals surface area contributed by atoms with Crippen LogP contribution < -0.4 is 9.47 Å². The molecule has 2 amide bonds. The van der Waals surface area contributed by atoms with Crippen LogP contribution in [0.2, 0.25) is 0 Å². The highest BCUT2D eigenvalue weighted by Gasteiger charge is 2.30. The number of benzene rings is 1. The largest absolute Gasteiger partial charge is 0.467 e. The summed E-state index contributed by atoms with van der Waals surface area (Å²) in [6.07, 6.45) is 2.98. The minimum absolute atomic E-state index is 0.0450. The number of ether oxygens (including phenoxy) is 2. The lowest BCUT2D eigenvalue weighted by Crippen LogP contribution is -2.52. The molecule has 1 aromatic carbocycles. The van der Waals surface area contributed by atoms with E-state index < -0.39 is 11.7 Å². The maximum absolute atomic E-state index is 13.2. The standard InChI is InChI=1S/C25H23N7O5/c1-36-24-28-21(29-25(30-24)37-2)19-18-16(8-9-26-19)17(14-27-18)20(33)23(35)32-12-10-31(11-13-32)22(34)15-6-4-3-5-7-15/h3-9,14,27H,10-13H2,1-2H3. The van der Waals surface area contributed by atoms with Crippen molar-refractivity contribution in [3.05, 3.63) is 59.9 Å². The average molecular weight is 502 g/mol. The number of amides is 2. The van der Waals surface area contributed by atoms with Crippen molar-refractivity contribution in [2.75, 3.05) is 40.4 Å². The Bertz CT molecular complexity index is 1460. The van der Waals surface area contributed by atoms with E-state index in [0.717, 1.165) is 0 Å². The van der Waals surface area contributed by atoms with Crippen LogP contribution in [-0.2, 0) is 4.79 Å². The lowest BCUT2D eigenvalue weighted by molar-refractivity contribution is -0.127. The molecule has 1 N–H and O–H groups in total. The second-order valence-corrected chi connectivity index (χ2v) is 8.20. The van der Waals surface area contributed by atoms with Crippen molar-refractivity contribution in [3.8, 4) is 23.5 Å². The number of fused-ring (bicyclic) bond motifs is 1. The summed E-state index contributed by atoms with van der Waals surface area (Å²) in [6.45, 7) is 1.22. The molecule has 0 aliphatic carbocycles. The van der Waals surface area contributed by atoms with E-state index in [4.69, 9.17) is 9.47 Å². The molecule has 1 fully saturated rings. The van der Waals surface area contributed by atoms with Crippen LogP contribution in [0.3, 0.4) is 0 Å². The number of ketones is 1. The van der Waals surface area contributed by atoms with Gasteiger partial charge in [0.2, 0.25) is 0 Å². The number of piperazine rings is 1. The van der Waals surface area contributed by atoms with Crippen molar-refractivity contribution in [1.29, 1.82) is 0 Å². The van der Waals surface area contributed by atoms with E-state index in [2.05, 4.69) is 24.9 Å². The highest BCUT2D eigenvalue weighted by molar-refractivity contribution is 6.45. The van der Waals surface area contributed by atoms with Gasteiger partial charge in [-0.1, -0.05) is 18.2 Å². The minimum Gasteiger partial charge on any atom is -0.467 e. The number of aromatic nitrogens is 5. The van der Waals surface area contributed by atoms with Crippen LogP contribution in [0.15, 0.2) is 48.8 Å². The smallest absolute Gasteiger partial charge is 0.322 e. The summed E-state index contributed by atoms with van der Waals surface area (Å²) in [7, 11) is 2.84. The maximum Gasteiger partial charge on any atom is 0.322 e. The SMILES string of the molecule is COc1nc(OC)nc(-c2nccc3c(C(=O)C(=O)N4CCN(C(=O)c5ccccc5)CC4)c[nH]c23)n1. The number of pyridine rings is 1. The monoisotopic (exact) mass is 501 g/mol. The van der Waals surface area contributed by atoms with E-state index in [9.17, 15) is 14.4 Å². The highest BCUT2D eigenvalue weighted by atomic mass is 16.5. The molecule has 0 saturated carbocycles. The zero-order chi connectivity index (χ0) is 25.9. The Labute approximate surface area is 211 Å². The van der Waals surface area contributed by atoms with Gasteiger partial charge in [-0.15, -0.1) is 4.98 Å². The first-order valence-corrected chi connectivity index (χ1v) is 11.5. The number of hydrogen-bond donors (Lipinski definition) is 1. The molecule has 1 aliphatic heterocycles. The third-order valence-electron chi connectivity index (χ3n) is 6.09. The van der Waals surface area contributed by atoms with E-state index in [1.54, 1.807) is 23.1 Å². The molecule has 1 aliphatic rings. The van der Waals surface area contributed by atoms with Gasteiger partial charge >= 0.3 is 12.0 Å². The topological polar surface area (TPSA) is 144 Å². The molecule has 0 atom stereocenters. The van der Waals surface area contributed by atoms with Gasteiger partial charge in [-0.25, -0.2) is 0 Å². The molecular weight excluding hydrogens is 478 g/mol. The number of rotatable bonds is 6. The van der Waals surface area contributed by atoms with Gasteiger partial charge in [0.1, 0.15) is 5.69 Å². The van der Waals surface area contributed by atoms with Gasteiger partial charge < -0.3 is 24.3 Å². The molecule has 4 aromatic rings. The summed E-state index contributed by atoms with van der Waals surface area (Å²) in [5.74, 6) is -1.20. The van der Waals surface area contributed by atoms with Crippen molar-refractivity contribution in [3.63, 3.8) is 0 Å². The molecule has 3 aromatic heterocycles. The van der Waals surface area contributed by atoms with Crippen molar-refractivity contribution < 1.29 is 23.9 Å². The Morgan fingerprint density at radius 3 is 2.16 bits per heavy atom.